The van der Waals surface area contributed by atoms with E-state index in [0.717, 1.165) is 24.8 Å². The van der Waals surface area contributed by atoms with E-state index in [1.807, 2.05) is 6.07 Å². The van der Waals surface area contributed by atoms with Gasteiger partial charge in [-0.05, 0) is 48.7 Å². The van der Waals surface area contributed by atoms with Crippen molar-refractivity contribution in [3.8, 4) is 0 Å². The largest absolute Gasteiger partial charge is 0.234 e. The van der Waals surface area contributed by atoms with Crippen LogP contribution in [0.2, 0.25) is 0 Å². The molecule has 0 aromatic heterocycles. The lowest BCUT2D eigenvalue weighted by atomic mass is 9.84. The molecule has 0 fully saturated rings. The van der Waals surface area contributed by atoms with E-state index in [0.29, 0.717) is 6.54 Å². The summed E-state index contributed by atoms with van der Waals surface area (Å²) >= 11 is 5.55. The molecule has 1 aromatic carbocycles. The van der Waals surface area contributed by atoms with Crippen molar-refractivity contribution in [1.82, 2.24) is 4.84 Å². The molecule has 0 heterocycles. The molecule has 1 aromatic rings. The summed E-state index contributed by atoms with van der Waals surface area (Å²) in [4.78, 5) is 2.65. The Bertz CT molecular complexity index is 454. The van der Waals surface area contributed by atoms with E-state index >= 15 is 0 Å². The minimum atomic E-state index is -0.178. The number of hydrogen-bond acceptors (Lipinski definition) is 1. The fourth-order valence-corrected chi connectivity index (χ4v) is 2.51. The summed E-state index contributed by atoms with van der Waals surface area (Å²) in [5, 5.41) is 0. The predicted octanol–water partition coefficient (Wildman–Crippen LogP) is 4.32. The topological polar surface area (TPSA) is 12.0 Å². The van der Waals surface area contributed by atoms with Gasteiger partial charge in [0.2, 0.25) is 0 Å². The van der Waals surface area contributed by atoms with Crippen LogP contribution in [-0.2, 0) is 0 Å². The molecule has 1 N–H and O–H groups in total. The number of nitrogens with one attached hydrogen (secondary N) is 1. The van der Waals surface area contributed by atoms with Crippen molar-refractivity contribution in [2.24, 2.45) is 0 Å². The molecule has 2 rings (SSSR count). The minimum absolute atomic E-state index is 0.178. The Morgan fingerprint density at radius 2 is 2.28 bits per heavy atom. The summed E-state index contributed by atoms with van der Waals surface area (Å²) in [6.07, 6.45) is 9.37. The molecule has 0 spiro atoms. The molecule has 1 unspecified atom stereocenters. The molecular formula is C15H17ClFN. The van der Waals surface area contributed by atoms with Crippen LogP contribution in [0.3, 0.4) is 0 Å². The smallest absolute Gasteiger partial charge is 0.123 e. The van der Waals surface area contributed by atoms with Crippen LogP contribution in [0.4, 0.5) is 4.39 Å². The lowest BCUT2D eigenvalue weighted by Crippen LogP contribution is -2.11. The Morgan fingerprint density at radius 1 is 1.39 bits per heavy atom. The Kier molecular flexibility index (Phi) is 4.97. The van der Waals surface area contributed by atoms with Gasteiger partial charge in [-0.1, -0.05) is 35.9 Å². The van der Waals surface area contributed by atoms with Crippen molar-refractivity contribution in [1.29, 1.82) is 0 Å². The van der Waals surface area contributed by atoms with Gasteiger partial charge in [0.25, 0.3) is 0 Å². The minimum Gasteiger partial charge on any atom is -0.234 e. The first-order chi connectivity index (χ1) is 8.81. The maximum absolute atomic E-state index is 13.3. The highest BCUT2D eigenvalue weighted by Gasteiger charge is 2.17. The van der Waals surface area contributed by atoms with Crippen molar-refractivity contribution in [3.05, 3.63) is 59.4 Å². The van der Waals surface area contributed by atoms with Gasteiger partial charge in [0.05, 0.1) is 0 Å². The van der Waals surface area contributed by atoms with E-state index in [2.05, 4.69) is 23.1 Å². The molecular weight excluding hydrogens is 249 g/mol. The number of benzene rings is 1. The average Bonchev–Trinajstić information content (AvgIpc) is 2.40. The summed E-state index contributed by atoms with van der Waals surface area (Å²) in [6.45, 7) is 0.712. The van der Waals surface area contributed by atoms with E-state index in [9.17, 15) is 4.39 Å². The third-order valence-electron chi connectivity index (χ3n) is 3.27. The van der Waals surface area contributed by atoms with E-state index in [1.54, 1.807) is 12.1 Å². The molecule has 0 aliphatic heterocycles. The summed E-state index contributed by atoms with van der Waals surface area (Å²) in [5.41, 5.74) is 2.39. The number of rotatable bonds is 5. The first kappa shape index (κ1) is 13.3. The Morgan fingerprint density at radius 3 is 2.94 bits per heavy atom. The number of allylic oxidation sites excluding steroid dienone is 4. The highest BCUT2D eigenvalue weighted by molar-refractivity contribution is 6.13. The summed E-state index contributed by atoms with van der Waals surface area (Å²) in [7, 11) is 0. The van der Waals surface area contributed by atoms with Crippen LogP contribution in [0.25, 0.3) is 0 Å². The van der Waals surface area contributed by atoms with Crippen molar-refractivity contribution in [2.75, 3.05) is 6.54 Å². The summed E-state index contributed by atoms with van der Waals surface area (Å²) in [6, 6.07) is 6.86. The average molecular weight is 266 g/mol. The van der Waals surface area contributed by atoms with Crippen LogP contribution in [0.1, 0.15) is 30.7 Å². The second-order valence-corrected chi connectivity index (χ2v) is 4.76. The van der Waals surface area contributed by atoms with Gasteiger partial charge in [-0.25, -0.2) is 9.23 Å². The molecule has 3 heteroatoms. The molecule has 1 aliphatic carbocycles. The zero-order valence-electron chi connectivity index (χ0n) is 10.2. The summed E-state index contributed by atoms with van der Waals surface area (Å²) in [5.74, 6) is 0.0696. The van der Waals surface area contributed by atoms with Crippen LogP contribution in [0, 0.1) is 5.82 Å². The maximum Gasteiger partial charge on any atom is 0.123 e. The molecule has 18 heavy (non-hydrogen) atoms. The van der Waals surface area contributed by atoms with E-state index in [4.69, 9.17) is 11.8 Å². The highest BCUT2D eigenvalue weighted by atomic mass is 35.5. The first-order valence-electron chi connectivity index (χ1n) is 6.26. The molecule has 0 radical (unpaired) electrons. The van der Waals surface area contributed by atoms with Gasteiger partial charge in [-0.2, -0.15) is 0 Å². The lowest BCUT2D eigenvalue weighted by Gasteiger charge is -2.22. The van der Waals surface area contributed by atoms with Crippen LogP contribution >= 0.6 is 11.8 Å². The van der Waals surface area contributed by atoms with Gasteiger partial charge >= 0.3 is 0 Å². The molecule has 0 amide bonds. The quantitative estimate of drug-likeness (QED) is 0.782. The zero-order chi connectivity index (χ0) is 12.8. The van der Waals surface area contributed by atoms with Gasteiger partial charge in [0.15, 0.2) is 0 Å². The van der Waals surface area contributed by atoms with Gasteiger partial charge in [-0.3, -0.25) is 0 Å². The number of halogens is 2. The van der Waals surface area contributed by atoms with Gasteiger partial charge < -0.3 is 0 Å². The standard InChI is InChI=1S/C15H17ClFN/c16-18-10-9-15(12-5-2-1-3-6-12)13-7-4-8-14(17)11-13/h1-2,4-5,7-8,11,15,18H,3,6,9-10H2. The van der Waals surface area contributed by atoms with Crippen molar-refractivity contribution >= 4 is 11.8 Å². The normalized spacial score (nSPS) is 16.4. The monoisotopic (exact) mass is 265 g/mol. The third kappa shape index (κ3) is 3.44. The molecule has 1 nitrogen and oxygen atoms in total. The van der Waals surface area contributed by atoms with Crippen LogP contribution in [0.15, 0.2) is 48.1 Å². The van der Waals surface area contributed by atoms with Crippen molar-refractivity contribution in [2.45, 2.75) is 25.2 Å². The molecule has 1 atom stereocenters. The third-order valence-corrected chi connectivity index (χ3v) is 3.46. The van der Waals surface area contributed by atoms with Crippen LogP contribution < -0.4 is 4.84 Å². The Labute approximate surface area is 112 Å². The molecule has 0 saturated heterocycles. The SMILES string of the molecule is Fc1cccc(C(CCNCl)C2=CC=CCC2)c1. The Balaban J connectivity index is 2.24. The Hall–Kier alpha value is -1.12. The van der Waals surface area contributed by atoms with Gasteiger partial charge in [0, 0.05) is 12.5 Å². The predicted molar refractivity (Wildman–Crippen MR) is 74.1 cm³/mol. The second kappa shape index (κ2) is 6.72. The van der Waals surface area contributed by atoms with Crippen LogP contribution in [-0.4, -0.2) is 6.54 Å². The maximum atomic E-state index is 13.3. The fourth-order valence-electron chi connectivity index (χ4n) is 2.40. The van der Waals surface area contributed by atoms with Crippen LogP contribution in [0.5, 0.6) is 0 Å². The molecule has 0 bridgehead atoms. The van der Waals surface area contributed by atoms with Gasteiger partial charge in [0.1, 0.15) is 5.82 Å². The van der Waals surface area contributed by atoms with E-state index < -0.39 is 0 Å². The zero-order valence-corrected chi connectivity index (χ0v) is 11.0. The fraction of sp³-hybridized carbons (Fsp3) is 0.333. The lowest BCUT2D eigenvalue weighted by molar-refractivity contribution is 0.614. The van der Waals surface area contributed by atoms with Crippen molar-refractivity contribution in [3.63, 3.8) is 0 Å². The highest BCUT2D eigenvalue weighted by Crippen LogP contribution is 2.32. The molecule has 96 valence electrons. The number of hydrogen-bond donors (Lipinski definition) is 1. The van der Waals surface area contributed by atoms with E-state index in [1.165, 1.54) is 11.6 Å². The second-order valence-electron chi connectivity index (χ2n) is 4.49. The van der Waals surface area contributed by atoms with Gasteiger partial charge in [-0.15, -0.1) is 0 Å². The molecule has 0 saturated carbocycles. The summed E-state index contributed by atoms with van der Waals surface area (Å²) < 4.78 is 13.3. The first-order valence-corrected chi connectivity index (χ1v) is 6.63. The van der Waals surface area contributed by atoms with Crippen molar-refractivity contribution < 1.29 is 4.39 Å². The molecule has 1 aliphatic rings. The van der Waals surface area contributed by atoms with E-state index in [-0.39, 0.29) is 11.7 Å².